The van der Waals surface area contributed by atoms with Gasteiger partial charge in [0.1, 0.15) is 12.9 Å². The minimum absolute atomic E-state index is 0.00377. The molecule has 2 fully saturated rings. The summed E-state index contributed by atoms with van der Waals surface area (Å²) in [7, 11) is 0. The van der Waals surface area contributed by atoms with Crippen molar-refractivity contribution in [2.24, 2.45) is 0 Å². The van der Waals surface area contributed by atoms with Crippen LogP contribution in [-0.2, 0) is 9.53 Å². The van der Waals surface area contributed by atoms with E-state index in [2.05, 4.69) is 0 Å². The third-order valence-electron chi connectivity index (χ3n) is 4.80. The molecule has 2 amide bonds. The molecule has 126 valence electrons. The number of carbonyl (C=O) groups is 2. The zero-order valence-corrected chi connectivity index (χ0v) is 14.0. The SMILES string of the molecule is O=C(c1ccoc1)N1CCC2(CC1)CN(c1ccsc1)C(=O)CO2. The van der Waals surface area contributed by atoms with Crippen molar-refractivity contribution in [2.45, 2.75) is 18.4 Å². The molecular weight excluding hydrogens is 328 g/mol. The van der Waals surface area contributed by atoms with Gasteiger partial charge in [0.2, 0.25) is 0 Å². The summed E-state index contributed by atoms with van der Waals surface area (Å²) < 4.78 is 10.9. The number of hydrogen-bond acceptors (Lipinski definition) is 5. The predicted octanol–water partition coefficient (Wildman–Crippen LogP) is 2.38. The number of ether oxygens (including phenoxy) is 1. The summed E-state index contributed by atoms with van der Waals surface area (Å²) in [6.07, 6.45) is 4.43. The number of carbonyl (C=O) groups excluding carboxylic acids is 2. The highest BCUT2D eigenvalue weighted by atomic mass is 32.1. The molecule has 6 nitrogen and oxygen atoms in total. The van der Waals surface area contributed by atoms with Gasteiger partial charge in [-0.25, -0.2) is 0 Å². The standard InChI is InChI=1S/C17H18N2O4S/c20-15-10-23-17(12-19(15)14-2-8-24-11-14)3-5-18(6-4-17)16(21)13-1-7-22-9-13/h1-2,7-9,11H,3-6,10,12H2. The van der Waals surface area contributed by atoms with Crippen LogP contribution in [0.5, 0.6) is 0 Å². The number of nitrogens with zero attached hydrogens (tertiary/aromatic N) is 2. The Morgan fingerprint density at radius 2 is 2.08 bits per heavy atom. The zero-order valence-electron chi connectivity index (χ0n) is 13.1. The zero-order chi connectivity index (χ0) is 16.6. The van der Waals surface area contributed by atoms with Crippen LogP contribution in [0.15, 0.2) is 39.8 Å². The number of amides is 2. The monoisotopic (exact) mass is 346 g/mol. The smallest absolute Gasteiger partial charge is 0.257 e. The Kier molecular flexibility index (Phi) is 3.90. The minimum Gasteiger partial charge on any atom is -0.472 e. The molecule has 0 bridgehead atoms. The van der Waals surface area contributed by atoms with Crippen LogP contribution in [0.3, 0.4) is 0 Å². The van der Waals surface area contributed by atoms with E-state index in [-0.39, 0.29) is 24.0 Å². The lowest BCUT2D eigenvalue weighted by molar-refractivity contribution is -0.143. The van der Waals surface area contributed by atoms with Crippen LogP contribution in [-0.4, -0.2) is 48.6 Å². The molecule has 2 saturated heterocycles. The van der Waals surface area contributed by atoms with Crippen LogP contribution in [0.1, 0.15) is 23.2 Å². The van der Waals surface area contributed by atoms with E-state index in [4.69, 9.17) is 9.15 Å². The van der Waals surface area contributed by atoms with Crippen molar-refractivity contribution in [1.82, 2.24) is 4.90 Å². The van der Waals surface area contributed by atoms with Crippen molar-refractivity contribution in [3.05, 3.63) is 41.0 Å². The van der Waals surface area contributed by atoms with Gasteiger partial charge < -0.3 is 19.0 Å². The molecule has 2 aliphatic rings. The van der Waals surface area contributed by atoms with Crippen molar-refractivity contribution in [2.75, 3.05) is 31.1 Å². The summed E-state index contributed by atoms with van der Waals surface area (Å²) in [4.78, 5) is 28.2. The van der Waals surface area contributed by atoms with E-state index in [1.165, 1.54) is 12.5 Å². The molecule has 0 unspecified atom stereocenters. The summed E-state index contributed by atoms with van der Waals surface area (Å²) in [6.45, 7) is 1.90. The first-order valence-electron chi connectivity index (χ1n) is 7.95. The van der Waals surface area contributed by atoms with Crippen molar-refractivity contribution in [3.8, 4) is 0 Å². The molecule has 0 saturated carbocycles. The van der Waals surface area contributed by atoms with E-state index in [0.717, 1.165) is 18.5 Å². The normalized spacial score (nSPS) is 20.6. The van der Waals surface area contributed by atoms with Crippen LogP contribution < -0.4 is 4.90 Å². The van der Waals surface area contributed by atoms with Gasteiger partial charge in [-0.05, 0) is 30.4 Å². The number of piperidine rings is 1. The van der Waals surface area contributed by atoms with Crippen LogP contribution in [0.4, 0.5) is 5.69 Å². The van der Waals surface area contributed by atoms with Crippen molar-refractivity contribution in [3.63, 3.8) is 0 Å². The van der Waals surface area contributed by atoms with Crippen molar-refractivity contribution >= 4 is 28.8 Å². The molecule has 4 heterocycles. The Labute approximate surface area is 143 Å². The van der Waals surface area contributed by atoms with Crippen LogP contribution in [0, 0.1) is 0 Å². The summed E-state index contributed by atoms with van der Waals surface area (Å²) >= 11 is 1.58. The quantitative estimate of drug-likeness (QED) is 0.838. The van der Waals surface area contributed by atoms with E-state index >= 15 is 0 Å². The fourth-order valence-electron chi connectivity index (χ4n) is 3.35. The summed E-state index contributed by atoms with van der Waals surface area (Å²) in [6, 6.07) is 3.64. The second-order valence-corrected chi connectivity index (χ2v) is 7.02. The maximum Gasteiger partial charge on any atom is 0.257 e. The molecule has 7 heteroatoms. The largest absolute Gasteiger partial charge is 0.472 e. The number of furan rings is 1. The third-order valence-corrected chi connectivity index (χ3v) is 5.47. The summed E-state index contributed by atoms with van der Waals surface area (Å²) in [5.41, 5.74) is 1.15. The van der Waals surface area contributed by atoms with E-state index in [9.17, 15) is 9.59 Å². The number of thiophene rings is 1. The first kappa shape index (κ1) is 15.4. The molecular formula is C17H18N2O4S. The Balaban J connectivity index is 1.44. The van der Waals surface area contributed by atoms with Gasteiger partial charge in [-0.2, -0.15) is 11.3 Å². The van der Waals surface area contributed by atoms with Crippen molar-refractivity contribution < 1.29 is 18.7 Å². The lowest BCUT2D eigenvalue weighted by Gasteiger charge is -2.46. The average Bonchev–Trinajstić information content (AvgIpc) is 3.31. The van der Waals surface area contributed by atoms with E-state index in [1.54, 1.807) is 17.4 Å². The summed E-state index contributed by atoms with van der Waals surface area (Å²) in [5.74, 6) is -0.0175. The first-order valence-corrected chi connectivity index (χ1v) is 8.89. The highest BCUT2D eigenvalue weighted by Crippen LogP contribution is 2.33. The third kappa shape index (κ3) is 2.74. The first-order chi connectivity index (χ1) is 11.7. The van der Waals surface area contributed by atoms with Gasteiger partial charge in [0.25, 0.3) is 11.8 Å². The Morgan fingerprint density at radius 3 is 2.75 bits per heavy atom. The maximum atomic E-state index is 12.4. The van der Waals surface area contributed by atoms with Gasteiger partial charge in [-0.15, -0.1) is 0 Å². The number of rotatable bonds is 2. The summed E-state index contributed by atoms with van der Waals surface area (Å²) in [5, 5.41) is 3.95. The Morgan fingerprint density at radius 1 is 1.25 bits per heavy atom. The van der Waals surface area contributed by atoms with Gasteiger partial charge >= 0.3 is 0 Å². The highest BCUT2D eigenvalue weighted by molar-refractivity contribution is 7.08. The van der Waals surface area contributed by atoms with E-state index in [0.29, 0.717) is 25.2 Å². The second kappa shape index (κ2) is 6.07. The highest BCUT2D eigenvalue weighted by Gasteiger charge is 2.43. The molecule has 2 aromatic rings. The van der Waals surface area contributed by atoms with Gasteiger partial charge in [0.15, 0.2) is 0 Å². The lowest BCUT2D eigenvalue weighted by atomic mass is 9.89. The van der Waals surface area contributed by atoms with Gasteiger partial charge in [-0.3, -0.25) is 9.59 Å². The molecule has 4 rings (SSSR count). The van der Waals surface area contributed by atoms with Crippen molar-refractivity contribution in [1.29, 1.82) is 0 Å². The fourth-order valence-corrected chi connectivity index (χ4v) is 3.99. The molecule has 0 aromatic carbocycles. The van der Waals surface area contributed by atoms with Gasteiger partial charge in [0.05, 0.1) is 29.7 Å². The maximum absolute atomic E-state index is 12.4. The van der Waals surface area contributed by atoms with Crippen LogP contribution in [0.2, 0.25) is 0 Å². The van der Waals surface area contributed by atoms with Gasteiger partial charge in [-0.1, -0.05) is 0 Å². The Hall–Kier alpha value is -2.12. The minimum atomic E-state index is -0.358. The number of hydrogen-bond donors (Lipinski definition) is 0. The lowest BCUT2D eigenvalue weighted by Crippen LogP contribution is -2.59. The predicted molar refractivity (Wildman–Crippen MR) is 89.2 cm³/mol. The van der Waals surface area contributed by atoms with E-state index < -0.39 is 0 Å². The van der Waals surface area contributed by atoms with Gasteiger partial charge in [0, 0.05) is 18.5 Å². The van der Waals surface area contributed by atoms with Crippen LogP contribution in [0.25, 0.3) is 0 Å². The molecule has 0 radical (unpaired) electrons. The average molecular weight is 346 g/mol. The van der Waals surface area contributed by atoms with E-state index in [1.807, 2.05) is 26.6 Å². The second-order valence-electron chi connectivity index (χ2n) is 6.24. The molecule has 0 aliphatic carbocycles. The number of morpholine rings is 1. The fraction of sp³-hybridized carbons (Fsp3) is 0.412. The van der Waals surface area contributed by atoms with Crippen LogP contribution >= 0.6 is 11.3 Å². The number of anilines is 1. The number of likely N-dealkylation sites (tertiary alicyclic amines) is 1. The molecule has 2 aliphatic heterocycles. The molecule has 0 N–H and O–H groups in total. The Bertz CT molecular complexity index is 718. The molecule has 24 heavy (non-hydrogen) atoms. The molecule has 0 atom stereocenters. The molecule has 2 aromatic heterocycles. The topological polar surface area (TPSA) is 63.0 Å². The molecule has 1 spiro atoms.